The van der Waals surface area contributed by atoms with Crippen molar-refractivity contribution in [1.82, 2.24) is 14.9 Å². The molecule has 0 bridgehead atoms. The largest absolute Gasteiger partial charge is 0.489 e. The van der Waals surface area contributed by atoms with E-state index < -0.39 is 0 Å². The SMILES string of the molecule is Cc1ccc2nc(C3CCCN3C(=O)c3cccc(OCc4ccccc4C#N)c3)[nH]c2c1. The summed E-state index contributed by atoms with van der Waals surface area (Å²) in [5, 5.41) is 9.27. The van der Waals surface area contributed by atoms with Crippen LogP contribution in [0.4, 0.5) is 0 Å². The van der Waals surface area contributed by atoms with Crippen LogP contribution in [0.5, 0.6) is 5.75 Å². The number of carbonyl (C=O) groups is 1. The first kappa shape index (κ1) is 20.8. The number of likely N-dealkylation sites (tertiary alicyclic amines) is 1. The summed E-state index contributed by atoms with van der Waals surface area (Å²) >= 11 is 0. The number of nitrogens with one attached hydrogen (secondary N) is 1. The van der Waals surface area contributed by atoms with Gasteiger partial charge < -0.3 is 14.6 Å². The van der Waals surface area contributed by atoms with E-state index in [9.17, 15) is 10.1 Å². The van der Waals surface area contributed by atoms with Gasteiger partial charge in [0.05, 0.1) is 28.7 Å². The monoisotopic (exact) mass is 436 g/mol. The number of amides is 1. The van der Waals surface area contributed by atoms with Crippen molar-refractivity contribution in [1.29, 1.82) is 5.26 Å². The molecule has 1 atom stereocenters. The molecule has 4 aromatic rings. The number of H-pyrrole nitrogens is 1. The van der Waals surface area contributed by atoms with Crippen LogP contribution in [0, 0.1) is 18.3 Å². The van der Waals surface area contributed by atoms with Crippen LogP contribution in [0.2, 0.25) is 0 Å². The van der Waals surface area contributed by atoms with E-state index in [0.29, 0.717) is 23.4 Å². The second-order valence-corrected chi connectivity index (χ2v) is 8.38. The number of benzene rings is 3. The van der Waals surface area contributed by atoms with Gasteiger partial charge in [-0.3, -0.25) is 4.79 Å². The second kappa shape index (κ2) is 8.79. The Balaban J connectivity index is 1.34. The molecule has 5 rings (SSSR count). The molecule has 1 amide bonds. The Labute approximate surface area is 192 Å². The van der Waals surface area contributed by atoms with Crippen molar-refractivity contribution >= 4 is 16.9 Å². The average Bonchev–Trinajstić information content (AvgIpc) is 3.49. The van der Waals surface area contributed by atoms with Gasteiger partial charge in [0, 0.05) is 17.7 Å². The third kappa shape index (κ3) is 4.18. The number of aromatic amines is 1. The number of imidazole rings is 1. The van der Waals surface area contributed by atoms with E-state index in [4.69, 9.17) is 9.72 Å². The molecule has 6 heteroatoms. The summed E-state index contributed by atoms with van der Waals surface area (Å²) in [6, 6.07) is 22.8. The third-order valence-corrected chi connectivity index (χ3v) is 6.10. The predicted octanol–water partition coefficient (Wildman–Crippen LogP) is 5.30. The average molecular weight is 437 g/mol. The molecular weight excluding hydrogens is 412 g/mol. The van der Waals surface area contributed by atoms with Crippen LogP contribution >= 0.6 is 0 Å². The van der Waals surface area contributed by atoms with Gasteiger partial charge in [-0.15, -0.1) is 0 Å². The molecule has 2 heterocycles. The number of aryl methyl sites for hydroxylation is 1. The minimum Gasteiger partial charge on any atom is -0.489 e. The molecule has 1 N–H and O–H groups in total. The van der Waals surface area contributed by atoms with E-state index in [1.165, 1.54) is 5.56 Å². The van der Waals surface area contributed by atoms with E-state index in [0.717, 1.165) is 35.3 Å². The van der Waals surface area contributed by atoms with Crippen LogP contribution in [-0.4, -0.2) is 27.3 Å². The fourth-order valence-corrected chi connectivity index (χ4v) is 4.40. The molecule has 0 radical (unpaired) electrons. The van der Waals surface area contributed by atoms with E-state index in [1.54, 1.807) is 12.1 Å². The van der Waals surface area contributed by atoms with Crippen molar-refractivity contribution in [2.45, 2.75) is 32.4 Å². The number of hydrogen-bond donors (Lipinski definition) is 1. The van der Waals surface area contributed by atoms with Crippen LogP contribution < -0.4 is 4.74 Å². The van der Waals surface area contributed by atoms with Crippen molar-refractivity contribution in [3.8, 4) is 11.8 Å². The van der Waals surface area contributed by atoms with Crippen molar-refractivity contribution < 1.29 is 9.53 Å². The van der Waals surface area contributed by atoms with Gasteiger partial charge in [0.25, 0.3) is 5.91 Å². The van der Waals surface area contributed by atoms with Gasteiger partial charge in [-0.1, -0.05) is 30.3 Å². The molecule has 33 heavy (non-hydrogen) atoms. The highest BCUT2D eigenvalue weighted by atomic mass is 16.5. The van der Waals surface area contributed by atoms with E-state index >= 15 is 0 Å². The maximum Gasteiger partial charge on any atom is 0.254 e. The van der Waals surface area contributed by atoms with Gasteiger partial charge in [-0.2, -0.15) is 5.26 Å². The van der Waals surface area contributed by atoms with E-state index in [2.05, 4.69) is 24.0 Å². The molecule has 164 valence electrons. The number of ether oxygens (including phenoxy) is 1. The Kier molecular flexibility index (Phi) is 5.54. The minimum absolute atomic E-state index is 0.0305. The summed E-state index contributed by atoms with van der Waals surface area (Å²) in [5.41, 5.74) is 5.08. The molecule has 0 spiro atoms. The fraction of sp³-hybridized carbons (Fsp3) is 0.222. The van der Waals surface area contributed by atoms with Gasteiger partial charge in [0.2, 0.25) is 0 Å². The maximum atomic E-state index is 13.4. The number of carbonyl (C=O) groups excluding carboxylic acids is 1. The highest BCUT2D eigenvalue weighted by molar-refractivity contribution is 5.95. The Hall–Kier alpha value is -4.11. The molecule has 1 fully saturated rings. The minimum atomic E-state index is -0.0720. The van der Waals surface area contributed by atoms with Gasteiger partial charge in [0.15, 0.2) is 0 Å². The third-order valence-electron chi connectivity index (χ3n) is 6.10. The summed E-state index contributed by atoms with van der Waals surface area (Å²) in [4.78, 5) is 23.5. The highest BCUT2D eigenvalue weighted by Gasteiger charge is 2.32. The summed E-state index contributed by atoms with van der Waals surface area (Å²) in [5.74, 6) is 1.41. The number of rotatable bonds is 5. The summed E-state index contributed by atoms with van der Waals surface area (Å²) in [6.45, 7) is 3.02. The summed E-state index contributed by atoms with van der Waals surface area (Å²) in [7, 11) is 0. The molecule has 0 aliphatic carbocycles. The van der Waals surface area contributed by atoms with Gasteiger partial charge in [0.1, 0.15) is 18.2 Å². The lowest BCUT2D eigenvalue weighted by molar-refractivity contribution is 0.0730. The molecular formula is C27H24N4O2. The van der Waals surface area contributed by atoms with Crippen LogP contribution in [0.1, 0.15) is 51.8 Å². The number of hydrogen-bond acceptors (Lipinski definition) is 4. The number of aromatic nitrogens is 2. The summed E-state index contributed by atoms with van der Waals surface area (Å²) in [6.07, 6.45) is 1.82. The quantitative estimate of drug-likeness (QED) is 0.460. The van der Waals surface area contributed by atoms with Crippen LogP contribution in [0.25, 0.3) is 11.0 Å². The van der Waals surface area contributed by atoms with Gasteiger partial charge in [-0.05, 0) is 61.7 Å². The first-order valence-corrected chi connectivity index (χ1v) is 11.1. The Morgan fingerprint density at radius 1 is 1.18 bits per heavy atom. The lowest BCUT2D eigenvalue weighted by Crippen LogP contribution is -2.31. The fourth-order valence-electron chi connectivity index (χ4n) is 4.40. The smallest absolute Gasteiger partial charge is 0.254 e. The van der Waals surface area contributed by atoms with Crippen molar-refractivity contribution in [2.24, 2.45) is 0 Å². The van der Waals surface area contributed by atoms with Crippen LogP contribution in [-0.2, 0) is 6.61 Å². The van der Waals surface area contributed by atoms with Crippen molar-refractivity contribution in [3.63, 3.8) is 0 Å². The molecule has 3 aromatic carbocycles. The van der Waals surface area contributed by atoms with Crippen LogP contribution in [0.3, 0.4) is 0 Å². The molecule has 6 nitrogen and oxygen atoms in total. The van der Waals surface area contributed by atoms with E-state index in [1.807, 2.05) is 53.4 Å². The number of nitrogens with zero attached hydrogens (tertiary/aromatic N) is 3. The molecule has 1 saturated heterocycles. The molecule has 1 aliphatic heterocycles. The molecule has 1 aliphatic rings. The first-order valence-electron chi connectivity index (χ1n) is 11.1. The lowest BCUT2D eigenvalue weighted by atomic mass is 10.1. The summed E-state index contributed by atoms with van der Waals surface area (Å²) < 4.78 is 5.91. The van der Waals surface area contributed by atoms with Gasteiger partial charge >= 0.3 is 0 Å². The van der Waals surface area contributed by atoms with Crippen molar-refractivity contribution in [3.05, 3.63) is 94.8 Å². The number of nitriles is 1. The van der Waals surface area contributed by atoms with Crippen LogP contribution in [0.15, 0.2) is 66.7 Å². The highest BCUT2D eigenvalue weighted by Crippen LogP contribution is 2.33. The molecule has 1 aromatic heterocycles. The number of fused-ring (bicyclic) bond motifs is 1. The Morgan fingerprint density at radius 2 is 2.06 bits per heavy atom. The zero-order valence-electron chi connectivity index (χ0n) is 18.4. The van der Waals surface area contributed by atoms with Gasteiger partial charge in [-0.25, -0.2) is 4.98 Å². The maximum absolute atomic E-state index is 13.4. The van der Waals surface area contributed by atoms with Crippen molar-refractivity contribution in [2.75, 3.05) is 6.54 Å². The Morgan fingerprint density at radius 3 is 2.94 bits per heavy atom. The predicted molar refractivity (Wildman–Crippen MR) is 126 cm³/mol. The van der Waals surface area contributed by atoms with E-state index in [-0.39, 0.29) is 18.6 Å². The Bertz CT molecular complexity index is 1370. The second-order valence-electron chi connectivity index (χ2n) is 8.38. The zero-order valence-corrected chi connectivity index (χ0v) is 18.4. The normalized spacial score (nSPS) is 15.5. The molecule has 1 unspecified atom stereocenters. The topological polar surface area (TPSA) is 82.0 Å². The first-order chi connectivity index (χ1) is 16.1. The molecule has 0 saturated carbocycles. The zero-order chi connectivity index (χ0) is 22.8. The standard InChI is InChI=1S/C27H24N4O2/c1-18-11-12-23-24(14-18)30-26(29-23)25-10-5-13-31(25)27(32)19-8-4-9-22(15-19)33-17-21-7-3-2-6-20(21)16-28/h2-4,6-9,11-12,14-15,25H,5,10,13,17H2,1H3,(H,29,30). The lowest BCUT2D eigenvalue weighted by Gasteiger charge is -2.23.